The number of hydrogen-bond acceptors (Lipinski definition) is 6. The van der Waals surface area contributed by atoms with Gasteiger partial charge in [-0.25, -0.2) is 4.98 Å². The van der Waals surface area contributed by atoms with Crippen LogP contribution in [0.4, 0.5) is 17.5 Å². The molecule has 0 bridgehead atoms. The van der Waals surface area contributed by atoms with Crippen molar-refractivity contribution >= 4 is 17.5 Å². The van der Waals surface area contributed by atoms with Gasteiger partial charge in [0.15, 0.2) is 0 Å². The van der Waals surface area contributed by atoms with E-state index in [4.69, 9.17) is 9.72 Å². The second kappa shape index (κ2) is 8.82. The van der Waals surface area contributed by atoms with Gasteiger partial charge in [-0.1, -0.05) is 42.0 Å². The second-order valence-corrected chi connectivity index (χ2v) is 7.23. The molecule has 0 radical (unpaired) electrons. The summed E-state index contributed by atoms with van der Waals surface area (Å²) in [5.41, 5.74) is 3.65. The molecule has 1 saturated heterocycles. The van der Waals surface area contributed by atoms with Crippen LogP contribution in [0, 0.1) is 6.92 Å². The standard InChI is InChI=1S/C23H27N5O/c1-18-7-9-19(10-8-18)17-25-22-11-12-24-23(26-22)28-15-13-27(14-16-28)20-5-3-4-6-21(20)29-2/h3-12H,13-17H2,1-2H3,(H,24,25,26). The van der Waals surface area contributed by atoms with E-state index >= 15 is 0 Å². The Morgan fingerprint density at radius 2 is 1.66 bits per heavy atom. The van der Waals surface area contributed by atoms with Crippen molar-refractivity contribution in [2.45, 2.75) is 13.5 Å². The van der Waals surface area contributed by atoms with Gasteiger partial charge in [-0.05, 0) is 30.7 Å². The van der Waals surface area contributed by atoms with Crippen LogP contribution in [0.25, 0.3) is 0 Å². The normalized spacial score (nSPS) is 14.0. The van der Waals surface area contributed by atoms with E-state index in [0.717, 1.165) is 55.9 Å². The zero-order valence-corrected chi connectivity index (χ0v) is 17.0. The van der Waals surface area contributed by atoms with Gasteiger partial charge in [0.2, 0.25) is 5.95 Å². The first-order valence-corrected chi connectivity index (χ1v) is 9.98. The van der Waals surface area contributed by atoms with E-state index in [1.807, 2.05) is 24.4 Å². The molecule has 2 aromatic carbocycles. The fraction of sp³-hybridized carbons (Fsp3) is 0.304. The Bertz CT molecular complexity index is 936. The molecular formula is C23H27N5O. The molecule has 0 amide bonds. The van der Waals surface area contributed by atoms with E-state index in [1.54, 1.807) is 7.11 Å². The number of ether oxygens (including phenoxy) is 1. The quantitative estimate of drug-likeness (QED) is 0.693. The molecule has 1 aromatic heterocycles. The third kappa shape index (κ3) is 4.59. The molecule has 150 valence electrons. The molecule has 0 unspecified atom stereocenters. The maximum Gasteiger partial charge on any atom is 0.227 e. The maximum absolute atomic E-state index is 5.51. The molecule has 6 heteroatoms. The Morgan fingerprint density at radius 3 is 2.41 bits per heavy atom. The molecular weight excluding hydrogens is 362 g/mol. The predicted molar refractivity (Wildman–Crippen MR) is 118 cm³/mol. The summed E-state index contributed by atoms with van der Waals surface area (Å²) in [6, 6.07) is 18.6. The average molecular weight is 390 g/mol. The van der Waals surface area contributed by atoms with Crippen molar-refractivity contribution in [1.82, 2.24) is 9.97 Å². The minimum Gasteiger partial charge on any atom is -0.495 e. The lowest BCUT2D eigenvalue weighted by molar-refractivity contribution is 0.413. The number of rotatable bonds is 6. The van der Waals surface area contributed by atoms with Crippen LogP contribution in [0.5, 0.6) is 5.75 Å². The van der Waals surface area contributed by atoms with Crippen molar-refractivity contribution in [2.75, 3.05) is 48.4 Å². The summed E-state index contributed by atoms with van der Waals surface area (Å²) in [4.78, 5) is 13.8. The maximum atomic E-state index is 5.51. The Labute approximate surface area is 172 Å². The summed E-state index contributed by atoms with van der Waals surface area (Å²) in [7, 11) is 1.72. The average Bonchev–Trinajstić information content (AvgIpc) is 2.79. The molecule has 4 rings (SSSR count). The number of hydrogen-bond donors (Lipinski definition) is 1. The lowest BCUT2D eigenvalue weighted by Gasteiger charge is -2.36. The van der Waals surface area contributed by atoms with E-state index in [9.17, 15) is 0 Å². The highest BCUT2D eigenvalue weighted by Crippen LogP contribution is 2.28. The van der Waals surface area contributed by atoms with Crippen LogP contribution in [0.15, 0.2) is 60.8 Å². The lowest BCUT2D eigenvalue weighted by Crippen LogP contribution is -2.47. The van der Waals surface area contributed by atoms with Crippen molar-refractivity contribution in [1.29, 1.82) is 0 Å². The summed E-state index contributed by atoms with van der Waals surface area (Å²) < 4.78 is 5.51. The van der Waals surface area contributed by atoms with Gasteiger partial charge in [0.05, 0.1) is 12.8 Å². The van der Waals surface area contributed by atoms with Crippen molar-refractivity contribution in [3.8, 4) is 5.75 Å². The van der Waals surface area contributed by atoms with Crippen LogP contribution in [-0.4, -0.2) is 43.3 Å². The summed E-state index contributed by atoms with van der Waals surface area (Å²) in [6.45, 7) is 6.41. The van der Waals surface area contributed by atoms with Crippen LogP contribution in [-0.2, 0) is 6.54 Å². The number of nitrogens with one attached hydrogen (secondary N) is 1. The SMILES string of the molecule is COc1ccccc1N1CCN(c2nccc(NCc3ccc(C)cc3)n2)CC1. The van der Waals surface area contributed by atoms with E-state index in [2.05, 4.69) is 63.4 Å². The highest BCUT2D eigenvalue weighted by atomic mass is 16.5. The van der Waals surface area contributed by atoms with Crippen LogP contribution in [0.1, 0.15) is 11.1 Å². The van der Waals surface area contributed by atoms with E-state index in [0.29, 0.717) is 0 Å². The van der Waals surface area contributed by atoms with Gasteiger partial charge >= 0.3 is 0 Å². The Kier molecular flexibility index (Phi) is 5.79. The van der Waals surface area contributed by atoms with Crippen LogP contribution < -0.4 is 19.9 Å². The lowest BCUT2D eigenvalue weighted by atomic mass is 10.1. The molecule has 0 spiro atoms. The van der Waals surface area contributed by atoms with E-state index < -0.39 is 0 Å². The van der Waals surface area contributed by atoms with Crippen LogP contribution >= 0.6 is 0 Å². The van der Waals surface area contributed by atoms with Crippen molar-refractivity contribution in [3.05, 3.63) is 71.9 Å². The van der Waals surface area contributed by atoms with Gasteiger partial charge in [-0.15, -0.1) is 0 Å². The highest BCUT2D eigenvalue weighted by Gasteiger charge is 2.21. The molecule has 29 heavy (non-hydrogen) atoms. The number of aryl methyl sites for hydroxylation is 1. The zero-order valence-electron chi connectivity index (χ0n) is 17.0. The molecule has 1 aliphatic rings. The largest absolute Gasteiger partial charge is 0.495 e. The third-order valence-corrected chi connectivity index (χ3v) is 5.23. The minimum atomic E-state index is 0.748. The molecule has 0 aliphatic carbocycles. The van der Waals surface area contributed by atoms with Gasteiger partial charge < -0.3 is 19.9 Å². The van der Waals surface area contributed by atoms with E-state index in [-0.39, 0.29) is 0 Å². The number of benzene rings is 2. The fourth-order valence-corrected chi connectivity index (χ4v) is 3.54. The first-order chi connectivity index (χ1) is 14.2. The molecule has 6 nitrogen and oxygen atoms in total. The van der Waals surface area contributed by atoms with Gasteiger partial charge in [0.25, 0.3) is 0 Å². The summed E-state index contributed by atoms with van der Waals surface area (Å²) in [5.74, 6) is 2.54. The van der Waals surface area contributed by atoms with Gasteiger partial charge in [-0.3, -0.25) is 0 Å². The smallest absolute Gasteiger partial charge is 0.227 e. The molecule has 0 atom stereocenters. The Morgan fingerprint density at radius 1 is 0.931 bits per heavy atom. The topological polar surface area (TPSA) is 53.5 Å². The molecule has 2 heterocycles. The molecule has 0 saturated carbocycles. The Balaban J connectivity index is 1.37. The van der Waals surface area contributed by atoms with Gasteiger partial charge in [0.1, 0.15) is 11.6 Å². The van der Waals surface area contributed by atoms with Gasteiger partial charge in [0, 0.05) is 38.9 Å². The second-order valence-electron chi connectivity index (χ2n) is 7.23. The number of aromatic nitrogens is 2. The predicted octanol–water partition coefficient (Wildman–Crippen LogP) is 3.73. The molecule has 1 aliphatic heterocycles. The number of methoxy groups -OCH3 is 1. The minimum absolute atomic E-state index is 0.748. The summed E-state index contributed by atoms with van der Waals surface area (Å²) >= 11 is 0. The first kappa shape index (κ1) is 19.1. The first-order valence-electron chi connectivity index (χ1n) is 9.98. The van der Waals surface area contributed by atoms with E-state index in [1.165, 1.54) is 11.1 Å². The van der Waals surface area contributed by atoms with Crippen LogP contribution in [0.3, 0.4) is 0 Å². The van der Waals surface area contributed by atoms with Gasteiger partial charge in [-0.2, -0.15) is 4.98 Å². The number of para-hydroxylation sites is 2. The molecule has 3 aromatic rings. The fourth-order valence-electron chi connectivity index (χ4n) is 3.54. The van der Waals surface area contributed by atoms with Crippen molar-refractivity contribution in [2.24, 2.45) is 0 Å². The van der Waals surface area contributed by atoms with Crippen molar-refractivity contribution < 1.29 is 4.74 Å². The third-order valence-electron chi connectivity index (χ3n) is 5.23. The molecule has 1 fully saturated rings. The monoisotopic (exact) mass is 389 g/mol. The highest BCUT2D eigenvalue weighted by molar-refractivity contribution is 5.59. The molecule has 1 N–H and O–H groups in total. The Hall–Kier alpha value is -3.28. The number of nitrogens with zero attached hydrogens (tertiary/aromatic N) is 4. The van der Waals surface area contributed by atoms with Crippen LogP contribution in [0.2, 0.25) is 0 Å². The van der Waals surface area contributed by atoms with Crippen molar-refractivity contribution in [3.63, 3.8) is 0 Å². The number of anilines is 3. The zero-order chi connectivity index (χ0) is 20.1. The summed E-state index contributed by atoms with van der Waals surface area (Å²) in [5, 5.41) is 3.40. The summed E-state index contributed by atoms with van der Waals surface area (Å²) in [6.07, 6.45) is 1.83. The number of piperazine rings is 1.